The Morgan fingerprint density at radius 1 is 0.946 bits per heavy atom. The number of sulfonamides is 1. The van der Waals surface area contributed by atoms with E-state index < -0.39 is 10.0 Å². The third-order valence-corrected chi connectivity index (χ3v) is 8.33. The van der Waals surface area contributed by atoms with Crippen LogP contribution in [-0.2, 0) is 16.6 Å². The number of hydrogen-bond donors (Lipinski definition) is 1. The van der Waals surface area contributed by atoms with E-state index in [2.05, 4.69) is 57.3 Å². The predicted molar refractivity (Wildman–Crippen MR) is 151 cm³/mol. The van der Waals surface area contributed by atoms with Gasteiger partial charge in [0.15, 0.2) is 0 Å². The molecule has 3 aromatic carbocycles. The van der Waals surface area contributed by atoms with Crippen LogP contribution in [0.25, 0.3) is 16.6 Å². The van der Waals surface area contributed by atoms with Gasteiger partial charge in [0, 0.05) is 50.0 Å². The van der Waals surface area contributed by atoms with E-state index in [9.17, 15) is 8.42 Å². The van der Waals surface area contributed by atoms with E-state index in [-0.39, 0.29) is 4.90 Å². The molecule has 1 aromatic heterocycles. The maximum atomic E-state index is 13.2. The molecule has 0 aliphatic carbocycles. The van der Waals surface area contributed by atoms with E-state index >= 15 is 0 Å². The molecule has 1 saturated heterocycles. The minimum absolute atomic E-state index is 0.169. The summed E-state index contributed by atoms with van der Waals surface area (Å²) < 4.78 is 29.2. The van der Waals surface area contributed by atoms with Crippen LogP contribution in [-0.4, -0.2) is 49.4 Å². The van der Waals surface area contributed by atoms with Crippen molar-refractivity contribution in [2.45, 2.75) is 25.3 Å². The molecule has 2 heterocycles. The van der Waals surface area contributed by atoms with Gasteiger partial charge in [-0.3, -0.25) is 14.6 Å². The fraction of sp³-hybridized carbons (Fsp3) is 0.233. The van der Waals surface area contributed by atoms with Crippen molar-refractivity contribution in [3.63, 3.8) is 0 Å². The first-order chi connectivity index (χ1) is 17.8. The van der Waals surface area contributed by atoms with Crippen molar-refractivity contribution in [2.24, 2.45) is 0 Å². The van der Waals surface area contributed by atoms with E-state index in [0.29, 0.717) is 11.2 Å². The largest absolute Gasteiger partial charge is 0.369 e. The summed E-state index contributed by atoms with van der Waals surface area (Å²) >= 11 is 0. The summed E-state index contributed by atoms with van der Waals surface area (Å²) in [6.45, 7) is 13.1. The first-order valence-corrected chi connectivity index (χ1v) is 14.0. The Balaban J connectivity index is 1.25. The van der Waals surface area contributed by atoms with Crippen molar-refractivity contribution in [3.8, 4) is 0 Å². The molecule has 1 fully saturated rings. The lowest BCUT2D eigenvalue weighted by atomic mass is 10.1. The van der Waals surface area contributed by atoms with E-state index in [4.69, 9.17) is 0 Å². The molecule has 0 amide bonds. The van der Waals surface area contributed by atoms with Gasteiger partial charge in [-0.25, -0.2) is 8.42 Å². The molecule has 0 saturated carbocycles. The normalized spacial score (nSPS) is 14.6. The molecule has 1 aliphatic rings. The first kappa shape index (κ1) is 25.0. The number of hydrogen-bond acceptors (Lipinski definition) is 5. The van der Waals surface area contributed by atoms with E-state index in [1.54, 1.807) is 24.4 Å². The highest BCUT2D eigenvalue weighted by Crippen LogP contribution is 2.28. The zero-order chi connectivity index (χ0) is 26.0. The van der Waals surface area contributed by atoms with Gasteiger partial charge in [0.1, 0.15) is 4.90 Å². The van der Waals surface area contributed by atoms with Gasteiger partial charge in [-0.15, -0.1) is 0 Å². The van der Waals surface area contributed by atoms with E-state index in [1.165, 1.54) is 11.1 Å². The zero-order valence-electron chi connectivity index (χ0n) is 21.3. The van der Waals surface area contributed by atoms with Crippen LogP contribution >= 0.6 is 0 Å². The molecule has 37 heavy (non-hydrogen) atoms. The Morgan fingerprint density at radius 2 is 1.70 bits per heavy atom. The monoisotopic (exact) mass is 512 g/mol. The van der Waals surface area contributed by atoms with Gasteiger partial charge in [-0.2, -0.15) is 0 Å². The van der Waals surface area contributed by atoms with Gasteiger partial charge in [-0.1, -0.05) is 60.7 Å². The Morgan fingerprint density at radius 3 is 2.46 bits per heavy atom. The molecule has 6 nitrogen and oxygen atoms in total. The Bertz CT molecular complexity index is 1550. The van der Waals surface area contributed by atoms with Crippen LogP contribution in [0.1, 0.15) is 22.3 Å². The van der Waals surface area contributed by atoms with Crippen molar-refractivity contribution >= 4 is 32.3 Å². The summed E-state index contributed by atoms with van der Waals surface area (Å²) in [4.78, 5) is 9.25. The van der Waals surface area contributed by atoms with Crippen LogP contribution in [0.3, 0.4) is 0 Å². The van der Waals surface area contributed by atoms with Crippen molar-refractivity contribution < 1.29 is 8.42 Å². The Hall–Kier alpha value is -3.68. The molecule has 0 atom stereocenters. The van der Waals surface area contributed by atoms with Crippen LogP contribution in [0.15, 0.2) is 90.5 Å². The molecule has 0 spiro atoms. The highest BCUT2D eigenvalue weighted by molar-refractivity contribution is 7.93. The summed E-state index contributed by atoms with van der Waals surface area (Å²) in [6.07, 6.45) is 1.61. The van der Waals surface area contributed by atoms with Crippen molar-refractivity contribution in [1.29, 1.82) is 0 Å². The number of piperazine rings is 1. The third kappa shape index (κ3) is 5.53. The standard InChI is InChI=1S/C30H32N4O2S/c1-22-7-4-8-25(19-22)21-33-15-17-34(18-16-33)24(3)27-12-13-28(23(2)20-27)32-37(35,36)29-11-5-9-26-10-6-14-31-30(26)29/h4-14,19-20,32H,3,15-18,21H2,1-2H3. The van der Waals surface area contributed by atoms with Crippen molar-refractivity contribution in [1.82, 2.24) is 14.8 Å². The molecule has 190 valence electrons. The number of anilines is 1. The summed E-state index contributed by atoms with van der Waals surface area (Å²) in [7, 11) is -3.80. The molecule has 7 heteroatoms. The Kier molecular flexibility index (Phi) is 7.00. The molecule has 1 aliphatic heterocycles. The summed E-state index contributed by atoms with van der Waals surface area (Å²) in [5, 5.41) is 0.785. The minimum Gasteiger partial charge on any atom is -0.369 e. The molecule has 0 unspecified atom stereocenters. The number of nitrogens with one attached hydrogen (secondary N) is 1. The van der Waals surface area contributed by atoms with Gasteiger partial charge >= 0.3 is 0 Å². The Labute approximate surface area is 219 Å². The first-order valence-electron chi connectivity index (χ1n) is 12.5. The smallest absolute Gasteiger partial charge is 0.264 e. The number of nitrogens with zero attached hydrogens (tertiary/aromatic N) is 3. The highest BCUT2D eigenvalue weighted by Gasteiger charge is 2.21. The second-order valence-electron chi connectivity index (χ2n) is 9.67. The molecule has 1 N–H and O–H groups in total. The number of para-hydroxylation sites is 1. The van der Waals surface area contributed by atoms with E-state index in [1.807, 2.05) is 37.3 Å². The average molecular weight is 513 g/mol. The number of rotatable bonds is 7. The third-order valence-electron chi connectivity index (χ3n) is 6.93. The topological polar surface area (TPSA) is 65.5 Å². The summed E-state index contributed by atoms with van der Waals surface area (Å²) in [6, 6.07) is 23.3. The zero-order valence-corrected chi connectivity index (χ0v) is 22.1. The molecular formula is C30H32N4O2S. The number of aryl methyl sites for hydroxylation is 2. The summed E-state index contributed by atoms with van der Waals surface area (Å²) in [5.74, 6) is 0. The number of pyridine rings is 1. The molecular weight excluding hydrogens is 480 g/mol. The van der Waals surface area contributed by atoms with Crippen molar-refractivity contribution in [3.05, 3.63) is 108 Å². The lowest BCUT2D eigenvalue weighted by Gasteiger charge is -2.37. The number of fused-ring (bicyclic) bond motifs is 1. The predicted octanol–water partition coefficient (Wildman–Crippen LogP) is 5.44. The average Bonchev–Trinajstić information content (AvgIpc) is 2.89. The fourth-order valence-corrected chi connectivity index (χ4v) is 6.19. The lowest BCUT2D eigenvalue weighted by molar-refractivity contribution is 0.169. The van der Waals surface area contributed by atoms with Gasteiger partial charge in [-0.05, 0) is 54.8 Å². The lowest BCUT2D eigenvalue weighted by Crippen LogP contribution is -2.44. The van der Waals surface area contributed by atoms with Gasteiger partial charge in [0.05, 0.1) is 11.2 Å². The molecule has 0 radical (unpaired) electrons. The van der Waals surface area contributed by atoms with Crippen LogP contribution < -0.4 is 4.72 Å². The number of benzene rings is 3. The van der Waals surface area contributed by atoms with Crippen LogP contribution in [0, 0.1) is 13.8 Å². The maximum Gasteiger partial charge on any atom is 0.264 e. The number of aromatic nitrogens is 1. The highest BCUT2D eigenvalue weighted by atomic mass is 32.2. The minimum atomic E-state index is -3.80. The van der Waals surface area contributed by atoms with Gasteiger partial charge in [0.25, 0.3) is 10.0 Å². The molecule has 0 bridgehead atoms. The van der Waals surface area contributed by atoms with Gasteiger partial charge < -0.3 is 4.90 Å². The second-order valence-corrected chi connectivity index (χ2v) is 11.3. The van der Waals surface area contributed by atoms with Crippen LogP contribution in [0.4, 0.5) is 5.69 Å². The van der Waals surface area contributed by atoms with Crippen LogP contribution in [0.2, 0.25) is 0 Å². The van der Waals surface area contributed by atoms with E-state index in [0.717, 1.165) is 54.9 Å². The fourth-order valence-electron chi connectivity index (χ4n) is 4.88. The maximum absolute atomic E-state index is 13.2. The second kappa shape index (κ2) is 10.4. The molecule has 5 rings (SSSR count). The SMILES string of the molecule is C=C(c1ccc(NS(=O)(=O)c2cccc3cccnc23)c(C)c1)N1CCN(Cc2cccc(C)c2)CC1. The van der Waals surface area contributed by atoms with Gasteiger partial charge in [0.2, 0.25) is 0 Å². The molecule has 4 aromatic rings. The van der Waals surface area contributed by atoms with Crippen LogP contribution in [0.5, 0.6) is 0 Å². The quantitative estimate of drug-likeness (QED) is 0.357. The summed E-state index contributed by atoms with van der Waals surface area (Å²) in [5.41, 5.74) is 6.45. The van der Waals surface area contributed by atoms with Crippen molar-refractivity contribution in [2.75, 3.05) is 30.9 Å².